The zero-order valence-electron chi connectivity index (χ0n) is 16.7. The highest BCUT2D eigenvalue weighted by Crippen LogP contribution is 2.34. The zero-order valence-corrected chi connectivity index (χ0v) is 19.9. The van der Waals surface area contributed by atoms with Crippen LogP contribution >= 0.6 is 35.3 Å². The van der Waals surface area contributed by atoms with Crippen LogP contribution in [0.1, 0.15) is 42.1 Å². The molecule has 0 aliphatic carbocycles. The number of halogens is 1. The van der Waals surface area contributed by atoms with Crippen LogP contribution in [0.5, 0.6) is 0 Å². The van der Waals surface area contributed by atoms with E-state index in [1.807, 2.05) is 6.20 Å². The molecule has 2 aromatic rings. The van der Waals surface area contributed by atoms with E-state index >= 15 is 0 Å². The van der Waals surface area contributed by atoms with Crippen LogP contribution in [0.15, 0.2) is 41.5 Å². The number of thiazole rings is 1. The quantitative estimate of drug-likeness (QED) is 0.332. The smallest absolute Gasteiger partial charge is 0.191 e. The second kappa shape index (κ2) is 11.7. The molecule has 0 unspecified atom stereocenters. The molecule has 28 heavy (non-hydrogen) atoms. The molecule has 0 spiro atoms. The maximum atomic E-state index is 5.64. The van der Waals surface area contributed by atoms with Gasteiger partial charge in [-0.05, 0) is 31.7 Å². The molecule has 2 heterocycles. The van der Waals surface area contributed by atoms with Gasteiger partial charge in [0, 0.05) is 42.8 Å². The van der Waals surface area contributed by atoms with Crippen molar-refractivity contribution in [1.82, 2.24) is 15.6 Å². The van der Waals surface area contributed by atoms with Crippen LogP contribution < -0.4 is 10.6 Å². The van der Waals surface area contributed by atoms with Crippen LogP contribution in [0.25, 0.3) is 0 Å². The Morgan fingerprint density at radius 1 is 1.18 bits per heavy atom. The van der Waals surface area contributed by atoms with E-state index in [2.05, 4.69) is 59.8 Å². The number of guanidine groups is 1. The molecular formula is C21H31IN4OS. The molecule has 3 rings (SSSR count). The van der Waals surface area contributed by atoms with Crippen molar-refractivity contribution in [2.24, 2.45) is 4.99 Å². The lowest BCUT2D eigenvalue weighted by atomic mass is 9.74. The van der Waals surface area contributed by atoms with Gasteiger partial charge in [-0.3, -0.25) is 0 Å². The van der Waals surface area contributed by atoms with E-state index in [1.165, 1.54) is 10.4 Å². The third-order valence-corrected chi connectivity index (χ3v) is 6.22. The Morgan fingerprint density at radius 2 is 1.93 bits per heavy atom. The third-order valence-electron chi connectivity index (χ3n) is 5.10. The minimum Gasteiger partial charge on any atom is -0.381 e. The molecule has 5 nitrogen and oxygen atoms in total. The summed E-state index contributed by atoms with van der Waals surface area (Å²) in [5.74, 6) is 0.854. The summed E-state index contributed by atoms with van der Waals surface area (Å²) in [6, 6.07) is 10.8. The van der Waals surface area contributed by atoms with Crippen molar-refractivity contribution in [3.05, 3.63) is 52.0 Å². The summed E-state index contributed by atoms with van der Waals surface area (Å²) in [7, 11) is 0. The number of hydrogen-bond acceptors (Lipinski definition) is 4. The molecule has 1 aliphatic heterocycles. The zero-order chi connectivity index (χ0) is 19.0. The van der Waals surface area contributed by atoms with Crippen LogP contribution in [0.3, 0.4) is 0 Å². The van der Waals surface area contributed by atoms with Gasteiger partial charge in [0.2, 0.25) is 0 Å². The average molecular weight is 514 g/mol. The predicted octanol–water partition coefficient (Wildman–Crippen LogP) is 4.13. The topological polar surface area (TPSA) is 58.5 Å². The number of benzene rings is 1. The van der Waals surface area contributed by atoms with Crippen molar-refractivity contribution >= 4 is 41.3 Å². The lowest BCUT2D eigenvalue weighted by Crippen LogP contribution is -2.48. The Balaban J connectivity index is 0.00000280. The first kappa shape index (κ1) is 23.1. The first-order valence-electron chi connectivity index (χ1n) is 9.85. The summed E-state index contributed by atoms with van der Waals surface area (Å²) in [6.07, 6.45) is 5.04. The normalized spacial score (nSPS) is 16.3. The maximum absolute atomic E-state index is 5.64. The molecule has 7 heteroatoms. The van der Waals surface area contributed by atoms with Gasteiger partial charge in [-0.15, -0.1) is 35.3 Å². The lowest BCUT2D eigenvalue weighted by Gasteiger charge is -2.38. The Hall–Kier alpha value is -1.19. The number of aliphatic imine (C=N–C) groups is 1. The number of hydrogen-bond donors (Lipinski definition) is 2. The van der Waals surface area contributed by atoms with Gasteiger partial charge >= 0.3 is 0 Å². The maximum Gasteiger partial charge on any atom is 0.191 e. The molecule has 1 fully saturated rings. The van der Waals surface area contributed by atoms with Crippen molar-refractivity contribution in [1.29, 1.82) is 0 Å². The predicted molar refractivity (Wildman–Crippen MR) is 128 cm³/mol. The fraction of sp³-hybridized carbons (Fsp3) is 0.524. The highest BCUT2D eigenvalue weighted by atomic mass is 127. The molecule has 154 valence electrons. The molecule has 0 atom stereocenters. The highest BCUT2D eigenvalue weighted by Gasteiger charge is 2.34. The van der Waals surface area contributed by atoms with Gasteiger partial charge in [0.1, 0.15) is 5.01 Å². The molecule has 0 saturated carbocycles. The first-order valence-corrected chi connectivity index (χ1v) is 10.7. The number of nitrogens with one attached hydrogen (secondary N) is 2. The second-order valence-corrected chi connectivity index (χ2v) is 8.08. The molecule has 1 aromatic carbocycles. The molecule has 0 amide bonds. The number of rotatable bonds is 7. The molecule has 0 bridgehead atoms. The van der Waals surface area contributed by atoms with Crippen molar-refractivity contribution in [2.45, 2.75) is 45.1 Å². The summed E-state index contributed by atoms with van der Waals surface area (Å²) in [4.78, 5) is 10.5. The largest absolute Gasteiger partial charge is 0.381 e. The summed E-state index contributed by atoms with van der Waals surface area (Å²) >= 11 is 1.74. The van der Waals surface area contributed by atoms with Gasteiger partial charge in [-0.2, -0.15) is 0 Å². The number of aromatic nitrogens is 1. The molecular weight excluding hydrogens is 483 g/mol. The lowest BCUT2D eigenvalue weighted by molar-refractivity contribution is 0.0514. The van der Waals surface area contributed by atoms with Crippen molar-refractivity contribution < 1.29 is 4.74 Å². The van der Waals surface area contributed by atoms with Crippen LogP contribution in [-0.4, -0.2) is 37.2 Å². The standard InChI is InChI=1S/C21H30N4OS.HI/c1-3-18-14-23-19(27-18)15-24-20(22-4-2)25-16-21(10-12-26-13-11-21)17-8-6-5-7-9-17;/h5-9,14H,3-4,10-13,15-16H2,1-2H3,(H2,22,24,25);1H. The van der Waals surface area contributed by atoms with Crippen molar-refractivity contribution in [2.75, 3.05) is 26.3 Å². The first-order chi connectivity index (χ1) is 13.3. The Labute approximate surface area is 189 Å². The van der Waals surface area contributed by atoms with Gasteiger partial charge in [0.15, 0.2) is 5.96 Å². The van der Waals surface area contributed by atoms with Gasteiger partial charge in [-0.25, -0.2) is 9.98 Å². The third kappa shape index (κ3) is 6.15. The summed E-state index contributed by atoms with van der Waals surface area (Å²) in [6.45, 7) is 8.17. The van der Waals surface area contributed by atoms with E-state index in [1.54, 1.807) is 11.3 Å². The monoisotopic (exact) mass is 514 g/mol. The highest BCUT2D eigenvalue weighted by molar-refractivity contribution is 14.0. The van der Waals surface area contributed by atoms with E-state index in [0.29, 0.717) is 6.54 Å². The van der Waals surface area contributed by atoms with E-state index in [4.69, 9.17) is 9.73 Å². The minimum absolute atomic E-state index is 0. The fourth-order valence-corrected chi connectivity index (χ4v) is 4.23. The van der Waals surface area contributed by atoms with Crippen LogP contribution in [0.4, 0.5) is 0 Å². The molecule has 1 aliphatic rings. The molecule has 0 radical (unpaired) electrons. The average Bonchev–Trinajstić information content (AvgIpc) is 3.19. The Morgan fingerprint density at radius 3 is 2.57 bits per heavy atom. The van der Waals surface area contributed by atoms with Gasteiger partial charge in [0.25, 0.3) is 0 Å². The Bertz CT molecular complexity index is 729. The van der Waals surface area contributed by atoms with Crippen molar-refractivity contribution in [3.8, 4) is 0 Å². The van der Waals surface area contributed by atoms with Crippen molar-refractivity contribution in [3.63, 3.8) is 0 Å². The number of nitrogens with zero attached hydrogens (tertiary/aromatic N) is 2. The van der Waals surface area contributed by atoms with Crippen LogP contribution in [0, 0.1) is 0 Å². The number of aryl methyl sites for hydroxylation is 1. The van der Waals surface area contributed by atoms with E-state index < -0.39 is 0 Å². The summed E-state index contributed by atoms with van der Waals surface area (Å²) in [5, 5.41) is 8.01. The van der Waals surface area contributed by atoms with Crippen LogP contribution in [0.2, 0.25) is 0 Å². The van der Waals surface area contributed by atoms with Gasteiger partial charge < -0.3 is 15.4 Å². The van der Waals surface area contributed by atoms with Gasteiger partial charge in [-0.1, -0.05) is 37.3 Å². The second-order valence-electron chi connectivity index (χ2n) is 6.88. The fourth-order valence-electron chi connectivity index (χ4n) is 3.45. The summed E-state index contributed by atoms with van der Waals surface area (Å²) in [5.41, 5.74) is 1.47. The minimum atomic E-state index is 0. The SMILES string of the molecule is CCNC(=NCc1ncc(CC)s1)NCC1(c2ccccc2)CCOCC1.I. The van der Waals surface area contributed by atoms with E-state index in [-0.39, 0.29) is 29.4 Å². The molecule has 2 N–H and O–H groups in total. The van der Waals surface area contributed by atoms with Crippen LogP contribution in [-0.2, 0) is 23.1 Å². The Kier molecular flexibility index (Phi) is 9.67. The molecule has 1 aromatic heterocycles. The van der Waals surface area contributed by atoms with Gasteiger partial charge in [0.05, 0.1) is 6.54 Å². The molecule has 1 saturated heterocycles. The number of ether oxygens (including phenoxy) is 1. The van der Waals surface area contributed by atoms with E-state index in [9.17, 15) is 0 Å². The van der Waals surface area contributed by atoms with E-state index in [0.717, 1.165) is 56.5 Å². The summed E-state index contributed by atoms with van der Waals surface area (Å²) < 4.78 is 5.64.